The molecule has 0 atom stereocenters. The third-order valence-corrected chi connectivity index (χ3v) is 6.33. The van der Waals surface area contributed by atoms with E-state index in [4.69, 9.17) is 0 Å². The van der Waals surface area contributed by atoms with Crippen LogP contribution in [0.4, 0.5) is 5.69 Å². The average molecular weight is 388 g/mol. The normalized spacial score (nSPS) is 14.9. The van der Waals surface area contributed by atoms with E-state index in [-0.39, 0.29) is 16.4 Å². The van der Waals surface area contributed by atoms with E-state index in [0.29, 0.717) is 18.2 Å². The Morgan fingerprint density at radius 3 is 2.63 bits per heavy atom. The number of anilines is 1. The van der Waals surface area contributed by atoms with Crippen LogP contribution in [0.2, 0.25) is 0 Å². The van der Waals surface area contributed by atoms with Crippen molar-refractivity contribution in [1.29, 1.82) is 0 Å². The lowest BCUT2D eigenvalue weighted by Crippen LogP contribution is -2.32. The van der Waals surface area contributed by atoms with Gasteiger partial charge in [0.15, 0.2) is 0 Å². The van der Waals surface area contributed by atoms with Gasteiger partial charge >= 0.3 is 0 Å². The molecule has 6 nitrogen and oxygen atoms in total. The largest absolute Gasteiger partial charge is 0.341 e. The number of amides is 1. The third-order valence-electron chi connectivity index (χ3n) is 4.89. The van der Waals surface area contributed by atoms with E-state index >= 15 is 0 Å². The van der Waals surface area contributed by atoms with E-state index in [1.54, 1.807) is 42.4 Å². The maximum Gasteiger partial charge on any atom is 0.262 e. The number of aryl methyl sites for hydroxylation is 1. The van der Waals surface area contributed by atoms with Crippen molar-refractivity contribution in [2.75, 3.05) is 18.3 Å². The first-order valence-corrected chi connectivity index (χ1v) is 10.6. The number of hydrogen-bond donors (Lipinski definition) is 1. The monoisotopic (exact) mass is 387 g/mol. The third kappa shape index (κ3) is 4.66. The molecule has 1 heterocycles. The standard InChI is InChI=1S/C20H25N3O3S/c1-15-11-17(13-21-12-15)22-27(25,26)19-10-6-5-9-18(19)20(24)23(2)14-16-7-3-4-8-16/h5-6,9-13,16,22H,3-4,7-8,14H2,1-2H3. The minimum atomic E-state index is -3.90. The molecule has 144 valence electrons. The number of hydrogen-bond acceptors (Lipinski definition) is 4. The fourth-order valence-electron chi connectivity index (χ4n) is 3.57. The molecule has 1 N–H and O–H groups in total. The highest BCUT2D eigenvalue weighted by Crippen LogP contribution is 2.26. The number of nitrogens with zero attached hydrogens (tertiary/aromatic N) is 2. The lowest BCUT2D eigenvalue weighted by Gasteiger charge is -2.22. The van der Waals surface area contributed by atoms with E-state index < -0.39 is 10.0 Å². The van der Waals surface area contributed by atoms with Gasteiger partial charge in [-0.1, -0.05) is 25.0 Å². The highest BCUT2D eigenvalue weighted by atomic mass is 32.2. The molecule has 1 aliphatic carbocycles. The Hall–Kier alpha value is -2.41. The fraction of sp³-hybridized carbons (Fsp3) is 0.400. The summed E-state index contributed by atoms with van der Waals surface area (Å²) in [7, 11) is -2.17. The molecule has 1 aromatic heterocycles. The number of carbonyl (C=O) groups is 1. The van der Waals surface area contributed by atoms with Crippen LogP contribution in [-0.4, -0.2) is 37.8 Å². The molecule has 0 aliphatic heterocycles. The molecule has 0 radical (unpaired) electrons. The van der Waals surface area contributed by atoms with Gasteiger partial charge in [-0.3, -0.25) is 14.5 Å². The summed E-state index contributed by atoms with van der Waals surface area (Å²) in [6, 6.07) is 8.03. The van der Waals surface area contributed by atoms with Crippen molar-refractivity contribution in [2.24, 2.45) is 5.92 Å². The van der Waals surface area contributed by atoms with Crippen molar-refractivity contribution in [2.45, 2.75) is 37.5 Å². The molecule has 27 heavy (non-hydrogen) atoms. The van der Waals surface area contributed by atoms with Crippen LogP contribution in [0, 0.1) is 12.8 Å². The average Bonchev–Trinajstić information content (AvgIpc) is 3.13. The number of rotatable bonds is 6. The topological polar surface area (TPSA) is 79.4 Å². The molecule has 1 fully saturated rings. The molecular formula is C20H25N3O3S. The Balaban J connectivity index is 1.84. The summed E-state index contributed by atoms with van der Waals surface area (Å²) < 4.78 is 28.3. The van der Waals surface area contributed by atoms with Gasteiger partial charge in [-0.15, -0.1) is 0 Å². The number of benzene rings is 1. The van der Waals surface area contributed by atoms with Crippen molar-refractivity contribution in [1.82, 2.24) is 9.88 Å². The van der Waals surface area contributed by atoms with Gasteiger partial charge in [-0.2, -0.15) is 0 Å². The SMILES string of the molecule is Cc1cncc(NS(=O)(=O)c2ccccc2C(=O)N(C)CC2CCCC2)c1. The van der Waals surface area contributed by atoms with Crippen molar-refractivity contribution < 1.29 is 13.2 Å². The van der Waals surface area contributed by atoms with Gasteiger partial charge in [0.25, 0.3) is 15.9 Å². The second-order valence-electron chi connectivity index (χ2n) is 7.19. The van der Waals surface area contributed by atoms with Crippen LogP contribution < -0.4 is 4.72 Å². The molecule has 1 aliphatic rings. The van der Waals surface area contributed by atoms with Crippen LogP contribution >= 0.6 is 0 Å². The highest BCUT2D eigenvalue weighted by Gasteiger charge is 2.26. The smallest absolute Gasteiger partial charge is 0.262 e. The van der Waals surface area contributed by atoms with Gasteiger partial charge in [-0.05, 0) is 49.4 Å². The molecular weight excluding hydrogens is 362 g/mol. The number of sulfonamides is 1. The second kappa shape index (κ2) is 8.08. The molecule has 0 spiro atoms. The number of carbonyl (C=O) groups excluding carboxylic acids is 1. The second-order valence-corrected chi connectivity index (χ2v) is 8.84. The van der Waals surface area contributed by atoms with Gasteiger partial charge in [0, 0.05) is 19.8 Å². The Bertz CT molecular complexity index is 922. The van der Waals surface area contributed by atoms with E-state index in [9.17, 15) is 13.2 Å². The molecule has 0 unspecified atom stereocenters. The lowest BCUT2D eigenvalue weighted by molar-refractivity contribution is 0.0769. The lowest BCUT2D eigenvalue weighted by atomic mass is 10.1. The van der Waals surface area contributed by atoms with Crippen LogP contribution in [0.3, 0.4) is 0 Å². The van der Waals surface area contributed by atoms with Gasteiger partial charge in [0.1, 0.15) is 4.90 Å². The fourth-order valence-corrected chi connectivity index (χ4v) is 4.80. The maximum atomic E-state index is 12.9. The van der Waals surface area contributed by atoms with Crippen LogP contribution in [0.5, 0.6) is 0 Å². The molecule has 3 rings (SSSR count). The molecule has 0 bridgehead atoms. The Labute approximate surface area is 160 Å². The van der Waals surface area contributed by atoms with Crippen LogP contribution in [0.15, 0.2) is 47.6 Å². The van der Waals surface area contributed by atoms with Crippen molar-refractivity contribution in [3.8, 4) is 0 Å². The summed E-state index contributed by atoms with van der Waals surface area (Å²) >= 11 is 0. The predicted octanol–water partition coefficient (Wildman–Crippen LogP) is 3.45. The number of aromatic nitrogens is 1. The van der Waals surface area contributed by atoms with Crippen LogP contribution in [-0.2, 0) is 10.0 Å². The maximum absolute atomic E-state index is 12.9. The van der Waals surface area contributed by atoms with E-state index in [1.165, 1.54) is 25.1 Å². The zero-order valence-electron chi connectivity index (χ0n) is 15.7. The summed E-state index contributed by atoms with van der Waals surface area (Å²) in [4.78, 5) is 18.5. The van der Waals surface area contributed by atoms with Gasteiger partial charge in [0.2, 0.25) is 0 Å². The van der Waals surface area contributed by atoms with Crippen molar-refractivity contribution in [3.63, 3.8) is 0 Å². The first-order chi connectivity index (χ1) is 12.9. The minimum absolute atomic E-state index is 0.0187. The van der Waals surface area contributed by atoms with Gasteiger partial charge in [0.05, 0.1) is 17.4 Å². The molecule has 1 amide bonds. The summed E-state index contributed by atoms with van der Waals surface area (Å²) in [5.74, 6) is 0.226. The first-order valence-electron chi connectivity index (χ1n) is 9.16. The zero-order chi connectivity index (χ0) is 19.4. The first kappa shape index (κ1) is 19.4. The quantitative estimate of drug-likeness (QED) is 0.823. The van der Waals surface area contributed by atoms with Crippen molar-refractivity contribution >= 4 is 21.6 Å². The molecule has 1 saturated carbocycles. The summed E-state index contributed by atoms with van der Waals surface area (Å²) in [6.07, 6.45) is 7.74. The number of pyridine rings is 1. The predicted molar refractivity (Wildman–Crippen MR) is 105 cm³/mol. The van der Waals surface area contributed by atoms with Gasteiger partial charge in [-0.25, -0.2) is 8.42 Å². The zero-order valence-corrected chi connectivity index (χ0v) is 16.5. The minimum Gasteiger partial charge on any atom is -0.341 e. The van der Waals surface area contributed by atoms with E-state index in [0.717, 1.165) is 18.4 Å². The summed E-state index contributed by atoms with van der Waals surface area (Å²) in [5, 5.41) is 0. The Kier molecular flexibility index (Phi) is 5.79. The summed E-state index contributed by atoms with van der Waals surface area (Å²) in [5.41, 5.74) is 1.40. The van der Waals surface area contributed by atoms with Gasteiger partial charge < -0.3 is 4.90 Å². The molecule has 1 aromatic carbocycles. The summed E-state index contributed by atoms with van der Waals surface area (Å²) in [6.45, 7) is 2.49. The Morgan fingerprint density at radius 2 is 1.93 bits per heavy atom. The highest BCUT2D eigenvalue weighted by molar-refractivity contribution is 7.92. The van der Waals surface area contributed by atoms with Crippen LogP contribution in [0.25, 0.3) is 0 Å². The van der Waals surface area contributed by atoms with E-state index in [1.807, 2.05) is 6.92 Å². The molecule has 2 aromatic rings. The number of nitrogens with one attached hydrogen (secondary N) is 1. The van der Waals surface area contributed by atoms with Crippen molar-refractivity contribution in [3.05, 3.63) is 53.9 Å². The molecule has 0 saturated heterocycles. The van der Waals surface area contributed by atoms with Crippen LogP contribution in [0.1, 0.15) is 41.6 Å². The Morgan fingerprint density at radius 1 is 1.22 bits per heavy atom. The van der Waals surface area contributed by atoms with E-state index in [2.05, 4.69) is 9.71 Å². The molecule has 7 heteroatoms.